The SMILES string of the molecule is COc1ccccc1OCCn1c(CNC(=O)c2cccnc2)nc2ccccc21. The Kier molecular flexibility index (Phi) is 5.89. The number of nitrogens with one attached hydrogen (secondary N) is 1. The van der Waals surface area contributed by atoms with E-state index in [1.807, 2.05) is 48.5 Å². The van der Waals surface area contributed by atoms with Gasteiger partial charge in [-0.2, -0.15) is 0 Å². The van der Waals surface area contributed by atoms with Crippen LogP contribution in [0.3, 0.4) is 0 Å². The molecule has 1 amide bonds. The Balaban J connectivity index is 1.49. The number of ether oxygens (including phenoxy) is 2. The number of hydrogen-bond donors (Lipinski definition) is 1. The van der Waals surface area contributed by atoms with Crippen LogP contribution in [0.4, 0.5) is 0 Å². The van der Waals surface area contributed by atoms with Gasteiger partial charge >= 0.3 is 0 Å². The Hall–Kier alpha value is -3.87. The van der Waals surface area contributed by atoms with Gasteiger partial charge in [0.1, 0.15) is 12.4 Å². The average Bonchev–Trinajstić information content (AvgIpc) is 3.16. The number of pyridine rings is 1. The van der Waals surface area contributed by atoms with Crippen LogP contribution in [0.2, 0.25) is 0 Å². The lowest BCUT2D eigenvalue weighted by atomic mass is 10.3. The Bertz CT molecular complexity index is 1140. The fraction of sp³-hybridized carbons (Fsp3) is 0.174. The monoisotopic (exact) mass is 402 g/mol. The first-order valence-corrected chi connectivity index (χ1v) is 9.64. The van der Waals surface area contributed by atoms with Crippen molar-refractivity contribution in [3.05, 3.63) is 84.4 Å². The highest BCUT2D eigenvalue weighted by atomic mass is 16.5. The number of carbonyl (C=O) groups is 1. The molecular weight excluding hydrogens is 380 g/mol. The zero-order valence-corrected chi connectivity index (χ0v) is 16.6. The molecule has 7 nitrogen and oxygen atoms in total. The summed E-state index contributed by atoms with van der Waals surface area (Å²) in [4.78, 5) is 21.1. The van der Waals surface area contributed by atoms with Crippen molar-refractivity contribution in [1.29, 1.82) is 0 Å². The first kappa shape index (κ1) is 19.4. The maximum atomic E-state index is 12.4. The van der Waals surface area contributed by atoms with E-state index < -0.39 is 0 Å². The van der Waals surface area contributed by atoms with Gasteiger partial charge in [-0.05, 0) is 36.4 Å². The van der Waals surface area contributed by atoms with Crippen molar-refractivity contribution in [1.82, 2.24) is 19.9 Å². The number of nitrogens with zero attached hydrogens (tertiary/aromatic N) is 3. The van der Waals surface area contributed by atoms with Crippen molar-refractivity contribution in [2.45, 2.75) is 13.1 Å². The summed E-state index contributed by atoms with van der Waals surface area (Å²) >= 11 is 0. The Morgan fingerprint density at radius 2 is 1.83 bits per heavy atom. The Labute approximate surface area is 174 Å². The van der Waals surface area contributed by atoms with Crippen molar-refractivity contribution in [2.24, 2.45) is 0 Å². The average molecular weight is 402 g/mol. The molecule has 2 aromatic heterocycles. The minimum atomic E-state index is -0.188. The van der Waals surface area contributed by atoms with E-state index >= 15 is 0 Å². The summed E-state index contributed by atoms with van der Waals surface area (Å²) in [5.74, 6) is 1.96. The molecule has 0 spiro atoms. The molecule has 0 saturated heterocycles. The number of rotatable bonds is 8. The topological polar surface area (TPSA) is 78.3 Å². The molecular formula is C23H22N4O3. The number of aromatic nitrogens is 3. The van der Waals surface area contributed by atoms with Crippen molar-refractivity contribution in [3.63, 3.8) is 0 Å². The minimum Gasteiger partial charge on any atom is -0.493 e. The molecule has 0 bridgehead atoms. The van der Waals surface area contributed by atoms with Crippen LogP contribution in [-0.4, -0.2) is 34.2 Å². The second kappa shape index (κ2) is 9.09. The molecule has 7 heteroatoms. The lowest BCUT2D eigenvalue weighted by Crippen LogP contribution is -2.25. The van der Waals surface area contributed by atoms with Gasteiger partial charge in [-0.1, -0.05) is 24.3 Å². The van der Waals surface area contributed by atoms with E-state index in [0.29, 0.717) is 36.8 Å². The third-order valence-corrected chi connectivity index (χ3v) is 4.71. The highest BCUT2D eigenvalue weighted by molar-refractivity contribution is 5.93. The van der Waals surface area contributed by atoms with Crippen LogP contribution in [0, 0.1) is 0 Å². The summed E-state index contributed by atoms with van der Waals surface area (Å²) in [6.45, 7) is 1.32. The summed E-state index contributed by atoms with van der Waals surface area (Å²) in [7, 11) is 1.62. The molecule has 2 heterocycles. The van der Waals surface area contributed by atoms with Crippen LogP contribution in [0.25, 0.3) is 11.0 Å². The third-order valence-electron chi connectivity index (χ3n) is 4.71. The number of benzene rings is 2. The predicted octanol–water partition coefficient (Wildman–Crippen LogP) is 3.45. The fourth-order valence-electron chi connectivity index (χ4n) is 3.25. The van der Waals surface area contributed by atoms with E-state index in [4.69, 9.17) is 14.5 Å². The van der Waals surface area contributed by atoms with Gasteiger partial charge in [0.15, 0.2) is 11.5 Å². The maximum Gasteiger partial charge on any atom is 0.253 e. The molecule has 0 atom stereocenters. The minimum absolute atomic E-state index is 0.188. The quantitative estimate of drug-likeness (QED) is 0.488. The van der Waals surface area contributed by atoms with E-state index in [0.717, 1.165) is 16.9 Å². The zero-order chi connectivity index (χ0) is 20.8. The van der Waals surface area contributed by atoms with Gasteiger partial charge in [0, 0.05) is 12.4 Å². The molecule has 4 rings (SSSR count). The number of methoxy groups -OCH3 is 1. The predicted molar refractivity (Wildman–Crippen MR) is 114 cm³/mol. The summed E-state index contributed by atoms with van der Waals surface area (Å²) in [5.41, 5.74) is 2.38. The lowest BCUT2D eigenvalue weighted by molar-refractivity contribution is 0.0949. The van der Waals surface area contributed by atoms with Gasteiger partial charge in [-0.3, -0.25) is 9.78 Å². The molecule has 0 fully saturated rings. The van der Waals surface area contributed by atoms with Crippen molar-refractivity contribution < 1.29 is 14.3 Å². The summed E-state index contributed by atoms with van der Waals surface area (Å²) in [6.07, 6.45) is 3.18. The van der Waals surface area contributed by atoms with Crippen LogP contribution >= 0.6 is 0 Å². The molecule has 0 unspecified atom stereocenters. The van der Waals surface area contributed by atoms with Gasteiger partial charge in [-0.25, -0.2) is 4.98 Å². The van der Waals surface area contributed by atoms with Crippen LogP contribution in [0.1, 0.15) is 16.2 Å². The van der Waals surface area contributed by atoms with Gasteiger partial charge < -0.3 is 19.4 Å². The van der Waals surface area contributed by atoms with Crippen molar-refractivity contribution in [3.8, 4) is 11.5 Å². The molecule has 4 aromatic rings. The maximum absolute atomic E-state index is 12.4. The second-order valence-electron chi connectivity index (χ2n) is 6.59. The first-order chi connectivity index (χ1) is 14.8. The largest absolute Gasteiger partial charge is 0.493 e. The molecule has 152 valence electrons. The second-order valence-corrected chi connectivity index (χ2v) is 6.59. The number of para-hydroxylation sites is 4. The van der Waals surface area contributed by atoms with E-state index in [2.05, 4.69) is 14.9 Å². The van der Waals surface area contributed by atoms with Crippen LogP contribution in [0.15, 0.2) is 73.1 Å². The smallest absolute Gasteiger partial charge is 0.253 e. The molecule has 0 aliphatic rings. The molecule has 0 aliphatic carbocycles. The van der Waals surface area contributed by atoms with Gasteiger partial charge in [-0.15, -0.1) is 0 Å². The van der Waals surface area contributed by atoms with E-state index in [1.54, 1.807) is 31.6 Å². The number of carbonyl (C=O) groups excluding carboxylic acids is 1. The molecule has 30 heavy (non-hydrogen) atoms. The van der Waals surface area contributed by atoms with Crippen molar-refractivity contribution >= 4 is 16.9 Å². The molecule has 0 saturated carbocycles. The summed E-state index contributed by atoms with van der Waals surface area (Å²) < 4.78 is 13.3. The molecule has 0 radical (unpaired) electrons. The summed E-state index contributed by atoms with van der Waals surface area (Å²) in [6, 6.07) is 18.9. The van der Waals surface area contributed by atoms with E-state index in [-0.39, 0.29) is 5.91 Å². The normalized spacial score (nSPS) is 10.7. The standard InChI is InChI=1S/C23H22N4O3/c1-29-20-10-4-5-11-21(20)30-14-13-27-19-9-3-2-8-18(19)26-22(27)16-25-23(28)17-7-6-12-24-15-17/h2-12,15H,13-14,16H2,1H3,(H,25,28). The number of amides is 1. The number of hydrogen-bond acceptors (Lipinski definition) is 5. The van der Waals surface area contributed by atoms with Gasteiger partial charge in [0.25, 0.3) is 5.91 Å². The number of fused-ring (bicyclic) bond motifs is 1. The van der Waals surface area contributed by atoms with E-state index in [1.165, 1.54) is 0 Å². The highest BCUT2D eigenvalue weighted by Crippen LogP contribution is 2.26. The van der Waals surface area contributed by atoms with Gasteiger partial charge in [0.2, 0.25) is 0 Å². The molecule has 0 aliphatic heterocycles. The zero-order valence-electron chi connectivity index (χ0n) is 16.6. The fourth-order valence-corrected chi connectivity index (χ4v) is 3.25. The highest BCUT2D eigenvalue weighted by Gasteiger charge is 2.13. The van der Waals surface area contributed by atoms with Crippen LogP contribution in [0.5, 0.6) is 11.5 Å². The molecule has 1 N–H and O–H groups in total. The van der Waals surface area contributed by atoms with Gasteiger partial charge in [0.05, 0.1) is 36.8 Å². The van der Waals surface area contributed by atoms with E-state index in [9.17, 15) is 4.79 Å². The summed E-state index contributed by atoms with van der Waals surface area (Å²) in [5, 5.41) is 2.92. The molecule has 2 aromatic carbocycles. The Morgan fingerprint density at radius 1 is 1.03 bits per heavy atom. The number of imidazole rings is 1. The van der Waals surface area contributed by atoms with Crippen LogP contribution < -0.4 is 14.8 Å². The lowest BCUT2D eigenvalue weighted by Gasteiger charge is -2.13. The Morgan fingerprint density at radius 3 is 2.63 bits per heavy atom. The first-order valence-electron chi connectivity index (χ1n) is 9.64. The van der Waals surface area contributed by atoms with Crippen molar-refractivity contribution in [2.75, 3.05) is 13.7 Å². The van der Waals surface area contributed by atoms with Crippen LogP contribution in [-0.2, 0) is 13.1 Å². The third kappa shape index (κ3) is 4.25.